The predicted octanol–water partition coefficient (Wildman–Crippen LogP) is 6.31. The lowest BCUT2D eigenvalue weighted by atomic mass is 9.89. The third-order valence-corrected chi connectivity index (χ3v) is 6.17. The number of alkyl carbamates (subject to hydrolysis) is 1. The lowest BCUT2D eigenvalue weighted by Gasteiger charge is -2.21. The van der Waals surface area contributed by atoms with E-state index < -0.39 is 35.9 Å². The largest absolute Gasteiger partial charge is 0.496 e. The van der Waals surface area contributed by atoms with Gasteiger partial charge in [0.2, 0.25) is 0 Å². The number of ether oxygens (including phenoxy) is 3. The van der Waals surface area contributed by atoms with E-state index in [9.17, 15) is 22.8 Å². The maximum Gasteiger partial charge on any atom is 0.416 e. The Kier molecular flexibility index (Phi) is 6.67. The van der Waals surface area contributed by atoms with Crippen molar-refractivity contribution in [3.8, 4) is 28.0 Å². The number of amides is 1. The first-order valence-corrected chi connectivity index (χ1v) is 11.1. The number of nitrogens with one attached hydrogen (secondary N) is 1. The molecule has 0 aromatic heterocycles. The first-order valence-electron chi connectivity index (χ1n) is 11.1. The average Bonchev–Trinajstić information content (AvgIpc) is 3.19. The summed E-state index contributed by atoms with van der Waals surface area (Å²) < 4.78 is 56.4. The lowest BCUT2D eigenvalue weighted by molar-refractivity contribution is -0.137. The van der Waals surface area contributed by atoms with Crippen molar-refractivity contribution in [1.82, 2.24) is 5.32 Å². The van der Waals surface area contributed by atoms with Crippen LogP contribution in [-0.2, 0) is 15.7 Å². The SMILES string of the molecule is COC(=O)c1ccc(-c2ccc(OC)c(-c3ccc(C(F)(F)F)cc3C3OC(=O)N[C@@H]3C)c2)c(C)c1. The fourth-order valence-electron chi connectivity index (χ4n) is 4.38. The number of hydrogen-bond donors (Lipinski definition) is 1. The molecular formula is C27H24F3NO5. The van der Waals surface area contributed by atoms with E-state index in [1.807, 2.05) is 13.0 Å². The van der Waals surface area contributed by atoms with E-state index in [1.165, 1.54) is 20.3 Å². The van der Waals surface area contributed by atoms with Crippen molar-refractivity contribution >= 4 is 12.1 Å². The van der Waals surface area contributed by atoms with Gasteiger partial charge in [-0.2, -0.15) is 13.2 Å². The summed E-state index contributed by atoms with van der Waals surface area (Å²) in [6.07, 6.45) is -6.20. The van der Waals surface area contributed by atoms with Crippen LogP contribution in [0.1, 0.15) is 40.1 Å². The molecule has 0 spiro atoms. The number of methoxy groups -OCH3 is 2. The molecule has 9 heteroatoms. The Morgan fingerprint density at radius 1 is 0.972 bits per heavy atom. The Labute approximate surface area is 206 Å². The normalized spacial score (nSPS) is 17.4. The molecule has 1 aliphatic heterocycles. The number of carbonyl (C=O) groups is 2. The molecule has 0 bridgehead atoms. The number of alkyl halides is 3. The smallest absolute Gasteiger partial charge is 0.416 e. The van der Waals surface area contributed by atoms with Crippen molar-refractivity contribution in [2.75, 3.05) is 14.2 Å². The van der Waals surface area contributed by atoms with Gasteiger partial charge in [0.15, 0.2) is 0 Å². The van der Waals surface area contributed by atoms with Crippen LogP contribution in [0.2, 0.25) is 0 Å². The van der Waals surface area contributed by atoms with Crippen molar-refractivity contribution in [2.45, 2.75) is 32.2 Å². The molecule has 1 saturated heterocycles. The molecule has 1 amide bonds. The minimum Gasteiger partial charge on any atom is -0.496 e. The van der Waals surface area contributed by atoms with Crippen LogP contribution in [0, 0.1) is 6.92 Å². The molecule has 1 fully saturated rings. The quantitative estimate of drug-likeness (QED) is 0.417. The predicted molar refractivity (Wildman–Crippen MR) is 127 cm³/mol. The third kappa shape index (κ3) is 4.73. The van der Waals surface area contributed by atoms with E-state index in [0.29, 0.717) is 22.4 Å². The number of aryl methyl sites for hydroxylation is 1. The van der Waals surface area contributed by atoms with Crippen LogP contribution in [0.4, 0.5) is 18.0 Å². The molecule has 4 rings (SSSR count). The van der Waals surface area contributed by atoms with Gasteiger partial charge in [-0.15, -0.1) is 0 Å². The van der Waals surface area contributed by atoms with Crippen LogP contribution in [0.25, 0.3) is 22.3 Å². The first-order chi connectivity index (χ1) is 17.0. The highest BCUT2D eigenvalue weighted by Gasteiger charge is 2.37. The molecule has 36 heavy (non-hydrogen) atoms. The fraction of sp³-hybridized carbons (Fsp3) is 0.259. The van der Waals surface area contributed by atoms with Gasteiger partial charge in [0.05, 0.1) is 31.4 Å². The van der Waals surface area contributed by atoms with Gasteiger partial charge in [-0.1, -0.05) is 18.2 Å². The van der Waals surface area contributed by atoms with E-state index in [2.05, 4.69) is 5.32 Å². The van der Waals surface area contributed by atoms with Crippen LogP contribution in [0.15, 0.2) is 54.6 Å². The molecule has 0 aliphatic carbocycles. The van der Waals surface area contributed by atoms with E-state index in [4.69, 9.17) is 14.2 Å². The van der Waals surface area contributed by atoms with Crippen LogP contribution in [0.3, 0.4) is 0 Å². The van der Waals surface area contributed by atoms with E-state index >= 15 is 0 Å². The summed E-state index contributed by atoms with van der Waals surface area (Å²) in [4.78, 5) is 23.7. The fourth-order valence-corrected chi connectivity index (χ4v) is 4.38. The second kappa shape index (κ2) is 9.56. The Morgan fingerprint density at radius 2 is 1.69 bits per heavy atom. The number of esters is 1. The van der Waals surface area contributed by atoms with Gasteiger partial charge in [-0.05, 0) is 72.5 Å². The molecule has 0 radical (unpaired) electrons. The number of halogens is 3. The number of hydrogen-bond acceptors (Lipinski definition) is 5. The monoisotopic (exact) mass is 499 g/mol. The molecule has 1 heterocycles. The Hall–Kier alpha value is -4.01. The summed E-state index contributed by atoms with van der Waals surface area (Å²) in [5, 5.41) is 2.58. The van der Waals surface area contributed by atoms with Crippen LogP contribution >= 0.6 is 0 Å². The molecular weight excluding hydrogens is 475 g/mol. The summed E-state index contributed by atoms with van der Waals surface area (Å²) >= 11 is 0. The maximum atomic E-state index is 13.6. The van der Waals surface area contributed by atoms with Crippen LogP contribution < -0.4 is 10.1 Å². The van der Waals surface area contributed by atoms with Crippen LogP contribution in [0.5, 0.6) is 5.75 Å². The topological polar surface area (TPSA) is 73.9 Å². The molecule has 188 valence electrons. The number of rotatable bonds is 5. The van der Waals surface area contributed by atoms with Crippen molar-refractivity contribution in [3.05, 3.63) is 76.9 Å². The summed E-state index contributed by atoms with van der Waals surface area (Å²) in [7, 11) is 2.78. The minimum absolute atomic E-state index is 0.212. The molecule has 0 saturated carbocycles. The van der Waals surface area contributed by atoms with E-state index in [1.54, 1.807) is 37.3 Å². The minimum atomic E-state index is -4.57. The first kappa shape index (κ1) is 25.1. The zero-order valence-electron chi connectivity index (χ0n) is 20.0. The number of benzene rings is 3. The van der Waals surface area contributed by atoms with Gasteiger partial charge in [-0.25, -0.2) is 9.59 Å². The number of carbonyl (C=O) groups excluding carboxylic acids is 2. The molecule has 1 N–H and O–H groups in total. The van der Waals surface area contributed by atoms with Crippen molar-refractivity contribution in [1.29, 1.82) is 0 Å². The van der Waals surface area contributed by atoms with Gasteiger partial charge < -0.3 is 19.5 Å². The lowest BCUT2D eigenvalue weighted by Crippen LogP contribution is -2.24. The van der Waals surface area contributed by atoms with E-state index in [0.717, 1.165) is 28.8 Å². The summed E-state index contributed by atoms with van der Waals surface area (Å²) in [5.41, 5.74) is 3.14. The zero-order chi connectivity index (χ0) is 26.2. The number of cyclic esters (lactones) is 1. The zero-order valence-corrected chi connectivity index (χ0v) is 20.0. The Balaban J connectivity index is 1.89. The van der Waals surface area contributed by atoms with Crippen LogP contribution in [-0.4, -0.2) is 32.3 Å². The third-order valence-electron chi connectivity index (χ3n) is 6.17. The van der Waals surface area contributed by atoms with Crippen molar-refractivity contribution in [3.63, 3.8) is 0 Å². The molecule has 6 nitrogen and oxygen atoms in total. The molecule has 1 aliphatic rings. The highest BCUT2D eigenvalue weighted by atomic mass is 19.4. The van der Waals surface area contributed by atoms with Gasteiger partial charge in [0, 0.05) is 11.1 Å². The van der Waals surface area contributed by atoms with Crippen molar-refractivity contribution < 1.29 is 37.0 Å². The standard InChI is InChI=1S/C27H24F3NO5/c1-14-11-17(25(32)35-4)5-8-19(14)16-6-10-23(34-3)21(12-16)20-9-7-18(27(28,29)30)13-22(20)24-15(2)31-26(33)36-24/h5-13,15,24H,1-4H3,(H,31,33)/t15-,24?/m1/s1. The highest BCUT2D eigenvalue weighted by molar-refractivity contribution is 5.91. The molecule has 2 atom stereocenters. The second-order valence-electron chi connectivity index (χ2n) is 8.50. The molecule has 3 aromatic rings. The van der Waals surface area contributed by atoms with Gasteiger partial charge >= 0.3 is 18.2 Å². The highest BCUT2D eigenvalue weighted by Crippen LogP contribution is 2.43. The van der Waals surface area contributed by atoms with Gasteiger partial charge in [0.1, 0.15) is 11.9 Å². The Bertz CT molecular complexity index is 1340. The molecule has 3 aromatic carbocycles. The summed E-state index contributed by atoms with van der Waals surface area (Å²) in [5.74, 6) is -0.0168. The van der Waals surface area contributed by atoms with Gasteiger partial charge in [-0.3, -0.25) is 0 Å². The van der Waals surface area contributed by atoms with E-state index in [-0.39, 0.29) is 5.56 Å². The molecule has 1 unspecified atom stereocenters. The Morgan fingerprint density at radius 3 is 2.28 bits per heavy atom. The summed E-state index contributed by atoms with van der Waals surface area (Å²) in [6, 6.07) is 13.3. The van der Waals surface area contributed by atoms with Gasteiger partial charge in [0.25, 0.3) is 0 Å². The van der Waals surface area contributed by atoms with Crippen molar-refractivity contribution in [2.24, 2.45) is 0 Å². The maximum absolute atomic E-state index is 13.6. The average molecular weight is 499 g/mol. The summed E-state index contributed by atoms with van der Waals surface area (Å²) in [6.45, 7) is 3.51. The second-order valence-corrected chi connectivity index (χ2v) is 8.50.